The molecule has 102 valence electrons. The summed E-state index contributed by atoms with van der Waals surface area (Å²) in [6, 6.07) is 0.0164. The molecule has 1 unspecified atom stereocenters. The minimum atomic E-state index is -0.473. The van der Waals surface area contributed by atoms with Crippen molar-refractivity contribution in [1.82, 2.24) is 19.1 Å². The highest BCUT2D eigenvalue weighted by atomic mass is 16.6. The Balaban J connectivity index is 2.16. The van der Waals surface area contributed by atoms with Crippen LogP contribution in [0.4, 0.5) is 11.6 Å². The van der Waals surface area contributed by atoms with E-state index in [0.717, 1.165) is 0 Å². The number of nitro groups is 1. The number of aromatic nitrogens is 4. The van der Waals surface area contributed by atoms with Gasteiger partial charge in [0.1, 0.15) is 0 Å². The van der Waals surface area contributed by atoms with Gasteiger partial charge in [-0.15, -0.1) is 0 Å². The van der Waals surface area contributed by atoms with Gasteiger partial charge in [0.2, 0.25) is 11.6 Å². The number of nitrogens with zero attached hydrogens (tertiary/aromatic N) is 5. The van der Waals surface area contributed by atoms with Crippen LogP contribution in [0.1, 0.15) is 12.7 Å². The lowest BCUT2D eigenvalue weighted by atomic mass is 10.3. The van der Waals surface area contributed by atoms with Crippen LogP contribution in [0.15, 0.2) is 18.7 Å². The van der Waals surface area contributed by atoms with E-state index in [1.807, 2.05) is 17.7 Å². The molecule has 0 saturated heterocycles. The highest BCUT2D eigenvalue weighted by molar-refractivity contribution is 5.53. The van der Waals surface area contributed by atoms with Crippen LogP contribution in [0, 0.1) is 17.0 Å². The maximum Gasteiger partial charge on any atom is 0.406 e. The van der Waals surface area contributed by atoms with Crippen molar-refractivity contribution in [3.05, 3.63) is 34.7 Å². The van der Waals surface area contributed by atoms with E-state index < -0.39 is 4.92 Å². The minimum Gasteiger partial charge on any atom is -0.360 e. The maximum atomic E-state index is 11.0. The third-order valence-corrected chi connectivity index (χ3v) is 2.90. The zero-order valence-corrected chi connectivity index (χ0v) is 11.1. The standard InChI is InChI=1S/C11H16N6O2/c1-8(6-16-5-4-12-7-16)13-10-11(17(18)19)14-9(2)15(10)3/h4-5,7-8,13H,6H2,1-3H3. The average molecular weight is 264 g/mol. The van der Waals surface area contributed by atoms with Gasteiger partial charge >= 0.3 is 5.82 Å². The van der Waals surface area contributed by atoms with Crippen LogP contribution in [-0.2, 0) is 13.6 Å². The van der Waals surface area contributed by atoms with Crippen molar-refractivity contribution >= 4 is 11.6 Å². The molecule has 19 heavy (non-hydrogen) atoms. The third kappa shape index (κ3) is 2.72. The second kappa shape index (κ2) is 5.09. The quantitative estimate of drug-likeness (QED) is 0.650. The van der Waals surface area contributed by atoms with Crippen molar-refractivity contribution in [2.24, 2.45) is 7.05 Å². The van der Waals surface area contributed by atoms with Crippen molar-refractivity contribution in [1.29, 1.82) is 0 Å². The van der Waals surface area contributed by atoms with Gasteiger partial charge < -0.3 is 20.0 Å². The highest BCUT2D eigenvalue weighted by Gasteiger charge is 2.24. The molecule has 1 N–H and O–H groups in total. The van der Waals surface area contributed by atoms with Crippen molar-refractivity contribution < 1.29 is 4.92 Å². The number of aryl methyl sites for hydroxylation is 1. The van der Waals surface area contributed by atoms with Gasteiger partial charge in [-0.1, -0.05) is 0 Å². The topological polar surface area (TPSA) is 90.8 Å². The van der Waals surface area contributed by atoms with Gasteiger partial charge in [0.25, 0.3) is 0 Å². The summed E-state index contributed by atoms with van der Waals surface area (Å²) in [6.07, 6.45) is 5.26. The van der Waals surface area contributed by atoms with Crippen LogP contribution in [0.5, 0.6) is 0 Å². The Hall–Kier alpha value is -2.38. The number of anilines is 1. The van der Waals surface area contributed by atoms with E-state index in [1.54, 1.807) is 31.1 Å². The Kier molecular flexibility index (Phi) is 3.50. The minimum absolute atomic E-state index is 0.0164. The molecule has 0 aromatic carbocycles. The summed E-state index contributed by atoms with van der Waals surface area (Å²) in [5, 5.41) is 14.1. The molecule has 8 nitrogen and oxygen atoms in total. The van der Waals surface area contributed by atoms with E-state index in [1.165, 1.54) is 0 Å². The van der Waals surface area contributed by atoms with Crippen molar-refractivity contribution in [3.63, 3.8) is 0 Å². The van der Waals surface area contributed by atoms with Gasteiger partial charge in [-0.05, 0) is 16.8 Å². The Labute approximate surface area is 110 Å². The molecule has 2 rings (SSSR count). The van der Waals surface area contributed by atoms with Crippen molar-refractivity contribution in [2.75, 3.05) is 5.32 Å². The lowest BCUT2D eigenvalue weighted by molar-refractivity contribution is -0.388. The molecule has 0 fully saturated rings. The molecule has 0 spiro atoms. The van der Waals surface area contributed by atoms with E-state index in [4.69, 9.17) is 0 Å². The summed E-state index contributed by atoms with van der Waals surface area (Å²) in [5.74, 6) is 0.886. The molecule has 8 heteroatoms. The molecule has 0 aliphatic rings. The molecule has 2 aromatic rings. The molecule has 0 bridgehead atoms. The Morgan fingerprint density at radius 3 is 2.89 bits per heavy atom. The summed E-state index contributed by atoms with van der Waals surface area (Å²) in [5.41, 5.74) is 0. The third-order valence-electron chi connectivity index (χ3n) is 2.90. The van der Waals surface area contributed by atoms with Gasteiger partial charge in [-0.2, -0.15) is 0 Å². The van der Waals surface area contributed by atoms with Gasteiger partial charge in [0.15, 0.2) is 0 Å². The average Bonchev–Trinajstić information content (AvgIpc) is 2.92. The molecule has 1 atom stereocenters. The van der Waals surface area contributed by atoms with E-state index in [0.29, 0.717) is 18.2 Å². The zero-order valence-electron chi connectivity index (χ0n) is 11.1. The van der Waals surface area contributed by atoms with Crippen LogP contribution < -0.4 is 5.32 Å². The monoisotopic (exact) mass is 264 g/mol. The zero-order chi connectivity index (χ0) is 14.0. The van der Waals surface area contributed by atoms with E-state index >= 15 is 0 Å². The van der Waals surface area contributed by atoms with E-state index in [2.05, 4.69) is 15.3 Å². The summed E-state index contributed by atoms with van der Waals surface area (Å²) in [6.45, 7) is 4.35. The SMILES string of the molecule is Cc1nc([N+](=O)[O-])c(NC(C)Cn2ccnc2)n1C. The fourth-order valence-electron chi connectivity index (χ4n) is 1.87. The number of hydrogen-bond acceptors (Lipinski definition) is 5. The molecule has 0 amide bonds. The molecule has 0 aliphatic heterocycles. The summed E-state index contributed by atoms with van der Waals surface area (Å²) in [7, 11) is 1.75. The first-order valence-corrected chi connectivity index (χ1v) is 5.89. The van der Waals surface area contributed by atoms with Crippen molar-refractivity contribution in [2.45, 2.75) is 26.4 Å². The van der Waals surface area contributed by atoms with Gasteiger partial charge in [0.05, 0.1) is 6.33 Å². The lowest BCUT2D eigenvalue weighted by Gasteiger charge is -2.15. The van der Waals surface area contributed by atoms with Crippen LogP contribution in [0.3, 0.4) is 0 Å². The fourth-order valence-corrected chi connectivity index (χ4v) is 1.87. The lowest BCUT2D eigenvalue weighted by Crippen LogP contribution is -2.23. The molecule has 2 aromatic heterocycles. The molecule has 2 heterocycles. The summed E-state index contributed by atoms with van der Waals surface area (Å²) < 4.78 is 3.59. The van der Waals surface area contributed by atoms with Gasteiger partial charge in [-0.3, -0.25) is 4.57 Å². The van der Waals surface area contributed by atoms with Gasteiger partial charge in [-0.25, -0.2) is 4.98 Å². The molecule has 0 saturated carbocycles. The number of nitrogens with one attached hydrogen (secondary N) is 1. The van der Waals surface area contributed by atoms with Crippen LogP contribution in [0.25, 0.3) is 0 Å². The van der Waals surface area contributed by atoms with E-state index in [-0.39, 0.29) is 11.9 Å². The fraction of sp³-hybridized carbons (Fsp3) is 0.455. The highest BCUT2D eigenvalue weighted by Crippen LogP contribution is 2.24. The van der Waals surface area contributed by atoms with Gasteiger partial charge in [0, 0.05) is 39.0 Å². The Morgan fingerprint density at radius 1 is 1.58 bits per heavy atom. The molecular weight excluding hydrogens is 248 g/mol. The largest absolute Gasteiger partial charge is 0.406 e. The van der Waals surface area contributed by atoms with Crippen LogP contribution in [-0.4, -0.2) is 30.1 Å². The second-order valence-electron chi connectivity index (χ2n) is 4.45. The van der Waals surface area contributed by atoms with Crippen molar-refractivity contribution in [3.8, 4) is 0 Å². The smallest absolute Gasteiger partial charge is 0.360 e. The first kappa shape index (κ1) is 13.1. The Bertz CT molecular complexity index is 574. The molecular formula is C11H16N6O2. The summed E-state index contributed by atoms with van der Waals surface area (Å²) >= 11 is 0. The van der Waals surface area contributed by atoms with E-state index in [9.17, 15) is 10.1 Å². The number of rotatable bonds is 5. The van der Waals surface area contributed by atoms with Crippen LogP contribution >= 0.6 is 0 Å². The Morgan fingerprint density at radius 2 is 2.32 bits per heavy atom. The maximum absolute atomic E-state index is 11.0. The summed E-state index contributed by atoms with van der Waals surface area (Å²) in [4.78, 5) is 18.4. The first-order valence-electron chi connectivity index (χ1n) is 5.89. The molecule has 0 radical (unpaired) electrons. The molecule has 0 aliphatic carbocycles. The number of hydrogen-bond donors (Lipinski definition) is 1. The van der Waals surface area contributed by atoms with Crippen LogP contribution in [0.2, 0.25) is 0 Å². The predicted molar refractivity (Wildman–Crippen MR) is 69.9 cm³/mol. The number of imidazole rings is 2. The second-order valence-corrected chi connectivity index (χ2v) is 4.45. The predicted octanol–water partition coefficient (Wildman–Crippen LogP) is 1.33. The first-order chi connectivity index (χ1) is 8.99. The normalized spacial score (nSPS) is 12.4.